The lowest BCUT2D eigenvalue weighted by Gasteiger charge is -2.30. The molecule has 1 fully saturated rings. The number of nitrogens with one attached hydrogen (secondary N) is 1. The molecule has 0 bridgehead atoms. The third-order valence-corrected chi connectivity index (χ3v) is 3.34. The summed E-state index contributed by atoms with van der Waals surface area (Å²) in [6, 6.07) is 0. The first-order chi connectivity index (χ1) is 7.14. The molecule has 1 rings (SSSR count). The zero-order valence-corrected chi connectivity index (χ0v) is 10.3. The fourth-order valence-corrected chi connectivity index (χ4v) is 2.13. The average molecular weight is 212 g/mol. The summed E-state index contributed by atoms with van der Waals surface area (Å²) in [6.45, 7) is 9.90. The van der Waals surface area contributed by atoms with Crippen LogP contribution in [0.5, 0.6) is 0 Å². The molecule has 3 nitrogen and oxygen atoms in total. The SMILES string of the molecule is CCCCN(CC)C(=O)C1(C)CCNC1. The van der Waals surface area contributed by atoms with E-state index in [9.17, 15) is 4.79 Å². The molecule has 0 aromatic carbocycles. The van der Waals surface area contributed by atoms with Crippen molar-refractivity contribution in [1.29, 1.82) is 0 Å². The third kappa shape index (κ3) is 2.94. The summed E-state index contributed by atoms with van der Waals surface area (Å²) in [5.74, 6) is 0.337. The van der Waals surface area contributed by atoms with E-state index in [1.807, 2.05) is 4.90 Å². The van der Waals surface area contributed by atoms with Gasteiger partial charge in [0.2, 0.25) is 5.91 Å². The lowest BCUT2D eigenvalue weighted by atomic mass is 9.88. The van der Waals surface area contributed by atoms with Crippen LogP contribution in [0.15, 0.2) is 0 Å². The van der Waals surface area contributed by atoms with E-state index < -0.39 is 0 Å². The van der Waals surface area contributed by atoms with Gasteiger partial charge in [0.15, 0.2) is 0 Å². The van der Waals surface area contributed by atoms with Crippen LogP contribution in [0.25, 0.3) is 0 Å². The van der Waals surface area contributed by atoms with Gasteiger partial charge in [0.1, 0.15) is 0 Å². The molecule has 15 heavy (non-hydrogen) atoms. The number of unbranched alkanes of at least 4 members (excludes halogenated alkanes) is 1. The molecule has 0 aromatic heterocycles. The highest BCUT2D eigenvalue weighted by atomic mass is 16.2. The molecule has 1 amide bonds. The molecule has 0 spiro atoms. The molecule has 1 aliphatic rings. The molecular formula is C12H24N2O. The predicted molar refractivity (Wildman–Crippen MR) is 62.8 cm³/mol. The molecule has 0 radical (unpaired) electrons. The van der Waals surface area contributed by atoms with Crippen LogP contribution in [0.3, 0.4) is 0 Å². The Morgan fingerprint density at radius 2 is 2.20 bits per heavy atom. The van der Waals surface area contributed by atoms with Crippen molar-refractivity contribution in [3.05, 3.63) is 0 Å². The number of amides is 1. The van der Waals surface area contributed by atoms with Gasteiger partial charge in [-0.3, -0.25) is 4.79 Å². The van der Waals surface area contributed by atoms with Crippen LogP contribution < -0.4 is 5.32 Å². The first-order valence-corrected chi connectivity index (χ1v) is 6.14. The van der Waals surface area contributed by atoms with E-state index in [0.29, 0.717) is 5.91 Å². The van der Waals surface area contributed by atoms with E-state index in [4.69, 9.17) is 0 Å². The highest BCUT2D eigenvalue weighted by Crippen LogP contribution is 2.27. The Labute approximate surface area is 93.2 Å². The lowest BCUT2D eigenvalue weighted by molar-refractivity contribution is -0.140. The number of hydrogen-bond acceptors (Lipinski definition) is 2. The van der Waals surface area contributed by atoms with E-state index in [1.165, 1.54) is 0 Å². The van der Waals surface area contributed by atoms with Gasteiger partial charge in [0.25, 0.3) is 0 Å². The van der Waals surface area contributed by atoms with Crippen molar-refractivity contribution in [3.8, 4) is 0 Å². The van der Waals surface area contributed by atoms with E-state index in [1.54, 1.807) is 0 Å². The Kier molecular flexibility index (Phi) is 4.58. The van der Waals surface area contributed by atoms with Gasteiger partial charge in [-0.2, -0.15) is 0 Å². The van der Waals surface area contributed by atoms with Crippen LogP contribution in [0, 0.1) is 5.41 Å². The zero-order valence-electron chi connectivity index (χ0n) is 10.3. The summed E-state index contributed by atoms with van der Waals surface area (Å²) in [5, 5.41) is 3.28. The van der Waals surface area contributed by atoms with Gasteiger partial charge < -0.3 is 10.2 Å². The van der Waals surface area contributed by atoms with Gasteiger partial charge in [0.05, 0.1) is 5.41 Å². The van der Waals surface area contributed by atoms with E-state index >= 15 is 0 Å². The van der Waals surface area contributed by atoms with E-state index in [-0.39, 0.29) is 5.41 Å². The Hall–Kier alpha value is -0.570. The lowest BCUT2D eigenvalue weighted by Crippen LogP contribution is -2.44. The summed E-state index contributed by atoms with van der Waals surface area (Å²) in [6.07, 6.45) is 3.25. The zero-order chi connectivity index (χ0) is 11.3. The van der Waals surface area contributed by atoms with Crippen LogP contribution in [-0.2, 0) is 4.79 Å². The minimum atomic E-state index is -0.149. The van der Waals surface area contributed by atoms with Crippen molar-refractivity contribution in [2.75, 3.05) is 26.2 Å². The van der Waals surface area contributed by atoms with Crippen LogP contribution >= 0.6 is 0 Å². The van der Waals surface area contributed by atoms with E-state index in [2.05, 4.69) is 26.1 Å². The molecule has 1 atom stereocenters. The minimum Gasteiger partial charge on any atom is -0.342 e. The number of carbonyl (C=O) groups excluding carboxylic acids is 1. The van der Waals surface area contributed by atoms with Gasteiger partial charge in [-0.15, -0.1) is 0 Å². The molecule has 0 saturated carbocycles. The number of hydrogen-bond donors (Lipinski definition) is 1. The fourth-order valence-electron chi connectivity index (χ4n) is 2.13. The van der Waals surface area contributed by atoms with Crippen LogP contribution in [0.1, 0.15) is 40.0 Å². The summed E-state index contributed by atoms with van der Waals surface area (Å²) in [5.41, 5.74) is -0.149. The molecule has 1 aliphatic heterocycles. The molecule has 1 saturated heterocycles. The van der Waals surface area contributed by atoms with Crippen molar-refractivity contribution < 1.29 is 4.79 Å². The summed E-state index contributed by atoms with van der Waals surface area (Å²) < 4.78 is 0. The quantitative estimate of drug-likeness (QED) is 0.751. The summed E-state index contributed by atoms with van der Waals surface area (Å²) in [7, 11) is 0. The Morgan fingerprint density at radius 1 is 1.47 bits per heavy atom. The monoisotopic (exact) mass is 212 g/mol. The largest absolute Gasteiger partial charge is 0.342 e. The number of rotatable bonds is 5. The number of carbonyl (C=O) groups is 1. The molecule has 1 unspecified atom stereocenters. The van der Waals surface area contributed by atoms with Crippen LogP contribution in [0.4, 0.5) is 0 Å². The van der Waals surface area contributed by atoms with Crippen molar-refractivity contribution in [3.63, 3.8) is 0 Å². The standard InChI is InChI=1S/C12H24N2O/c1-4-6-9-14(5-2)11(15)12(3)7-8-13-10-12/h13H,4-10H2,1-3H3. The molecule has 0 aliphatic carbocycles. The Morgan fingerprint density at radius 3 is 2.67 bits per heavy atom. The summed E-state index contributed by atoms with van der Waals surface area (Å²) in [4.78, 5) is 14.3. The summed E-state index contributed by atoms with van der Waals surface area (Å²) >= 11 is 0. The van der Waals surface area contributed by atoms with E-state index in [0.717, 1.165) is 45.4 Å². The van der Waals surface area contributed by atoms with Gasteiger partial charge in [-0.05, 0) is 33.2 Å². The van der Waals surface area contributed by atoms with Crippen molar-refractivity contribution in [2.24, 2.45) is 5.41 Å². The number of nitrogens with zero attached hydrogens (tertiary/aromatic N) is 1. The Balaban J connectivity index is 2.55. The normalized spacial score (nSPS) is 25.5. The molecule has 3 heteroatoms. The van der Waals surface area contributed by atoms with Gasteiger partial charge in [-0.25, -0.2) is 0 Å². The van der Waals surface area contributed by atoms with Crippen molar-refractivity contribution in [2.45, 2.75) is 40.0 Å². The second-order valence-corrected chi connectivity index (χ2v) is 4.73. The minimum absolute atomic E-state index is 0.149. The smallest absolute Gasteiger partial charge is 0.229 e. The maximum atomic E-state index is 12.3. The maximum Gasteiger partial charge on any atom is 0.229 e. The van der Waals surface area contributed by atoms with Crippen LogP contribution in [0.2, 0.25) is 0 Å². The molecule has 1 heterocycles. The fraction of sp³-hybridized carbons (Fsp3) is 0.917. The van der Waals surface area contributed by atoms with Gasteiger partial charge in [0, 0.05) is 19.6 Å². The van der Waals surface area contributed by atoms with Crippen molar-refractivity contribution in [1.82, 2.24) is 10.2 Å². The molecule has 1 N–H and O–H groups in total. The molecular weight excluding hydrogens is 188 g/mol. The first-order valence-electron chi connectivity index (χ1n) is 6.14. The second-order valence-electron chi connectivity index (χ2n) is 4.73. The average Bonchev–Trinajstić information content (AvgIpc) is 2.67. The predicted octanol–water partition coefficient (Wildman–Crippen LogP) is 1.63. The highest BCUT2D eigenvalue weighted by Gasteiger charge is 2.38. The second kappa shape index (κ2) is 5.50. The molecule has 0 aromatic rings. The van der Waals surface area contributed by atoms with Gasteiger partial charge >= 0.3 is 0 Å². The maximum absolute atomic E-state index is 12.3. The Bertz CT molecular complexity index is 210. The van der Waals surface area contributed by atoms with Crippen LogP contribution in [-0.4, -0.2) is 37.0 Å². The topological polar surface area (TPSA) is 32.3 Å². The van der Waals surface area contributed by atoms with Crippen molar-refractivity contribution >= 4 is 5.91 Å². The molecule has 88 valence electrons. The first kappa shape index (κ1) is 12.5. The highest BCUT2D eigenvalue weighted by molar-refractivity contribution is 5.83. The third-order valence-electron chi connectivity index (χ3n) is 3.34. The van der Waals surface area contributed by atoms with Gasteiger partial charge in [-0.1, -0.05) is 13.3 Å².